The number of anilines is 1. The monoisotopic (exact) mass is 500 g/mol. The Hall–Kier alpha value is -3.75. The number of nitrogens with one attached hydrogen (secondary N) is 1. The van der Waals surface area contributed by atoms with Gasteiger partial charge in [-0.15, -0.1) is 11.3 Å². The third kappa shape index (κ3) is 5.10. The number of hydrogen-bond acceptors (Lipinski definition) is 7. The fraction of sp³-hybridized carbons (Fsp3) is 0.250. The lowest BCUT2D eigenvalue weighted by Crippen LogP contribution is -2.34. The van der Waals surface area contributed by atoms with Crippen LogP contribution in [0, 0.1) is 0 Å². The third-order valence-electron chi connectivity index (χ3n) is 6.32. The van der Waals surface area contributed by atoms with Gasteiger partial charge in [0.05, 0.1) is 38.3 Å². The van der Waals surface area contributed by atoms with E-state index in [-0.39, 0.29) is 11.9 Å². The summed E-state index contributed by atoms with van der Waals surface area (Å²) in [6, 6.07) is 18.0. The smallest absolute Gasteiger partial charge is 0.246 e. The lowest BCUT2D eigenvalue weighted by Gasteiger charge is -2.26. The number of ether oxygens (including phenoxy) is 2. The molecule has 3 heterocycles. The Bertz CT molecular complexity index is 1370. The number of carbonyl (C=O) groups is 1. The zero-order valence-corrected chi connectivity index (χ0v) is 21.0. The molecule has 0 aliphatic carbocycles. The maximum atomic E-state index is 12.2. The van der Waals surface area contributed by atoms with Gasteiger partial charge in [0.25, 0.3) is 0 Å². The van der Waals surface area contributed by atoms with Crippen LogP contribution < -0.4 is 10.1 Å². The van der Waals surface area contributed by atoms with Crippen molar-refractivity contribution in [2.24, 2.45) is 0 Å². The second-order valence-electron chi connectivity index (χ2n) is 8.59. The van der Waals surface area contributed by atoms with Crippen LogP contribution in [0.3, 0.4) is 0 Å². The Balaban J connectivity index is 1.39. The Morgan fingerprint density at radius 3 is 2.89 bits per heavy atom. The second kappa shape index (κ2) is 10.9. The van der Waals surface area contributed by atoms with Gasteiger partial charge in [-0.25, -0.2) is 9.97 Å². The highest BCUT2D eigenvalue weighted by molar-refractivity contribution is 7.19. The fourth-order valence-electron chi connectivity index (χ4n) is 4.48. The standard InChI is InChI=1S/C28H28N4O3S/c1-3-25(33)32-13-12-22-24(15-32)36-28-26(22)27(29-18-30-28)31-23(20-9-5-4-6-10-20)17-35-16-19-8-7-11-21(14-19)34-2/h3-11,14,18,23H,1,12-13,15-17H2,2H3,(H,29,30,31). The molecule has 1 N–H and O–H groups in total. The molecule has 0 saturated carbocycles. The van der Waals surface area contributed by atoms with Crippen LogP contribution in [0.25, 0.3) is 10.2 Å². The highest BCUT2D eigenvalue weighted by Gasteiger charge is 2.26. The minimum Gasteiger partial charge on any atom is -0.497 e. The summed E-state index contributed by atoms with van der Waals surface area (Å²) in [5.41, 5.74) is 3.38. The molecule has 2 aromatic carbocycles. The van der Waals surface area contributed by atoms with E-state index in [0.717, 1.165) is 44.2 Å². The summed E-state index contributed by atoms with van der Waals surface area (Å²) in [6.45, 7) is 5.79. The molecule has 8 heteroatoms. The van der Waals surface area contributed by atoms with E-state index in [0.29, 0.717) is 26.3 Å². The van der Waals surface area contributed by atoms with Gasteiger partial charge < -0.3 is 19.7 Å². The normalized spacial score (nSPS) is 13.8. The van der Waals surface area contributed by atoms with E-state index in [1.165, 1.54) is 11.6 Å². The average Bonchev–Trinajstić information content (AvgIpc) is 3.31. The summed E-state index contributed by atoms with van der Waals surface area (Å²) in [6.07, 6.45) is 3.73. The number of fused-ring (bicyclic) bond motifs is 3. The zero-order valence-electron chi connectivity index (χ0n) is 20.1. The average molecular weight is 501 g/mol. The molecule has 36 heavy (non-hydrogen) atoms. The molecule has 1 aliphatic heterocycles. The van der Waals surface area contributed by atoms with Crippen LogP contribution in [0.2, 0.25) is 0 Å². The van der Waals surface area contributed by atoms with E-state index in [4.69, 9.17) is 9.47 Å². The van der Waals surface area contributed by atoms with Gasteiger partial charge in [-0.05, 0) is 41.3 Å². The molecule has 0 bridgehead atoms. The topological polar surface area (TPSA) is 76.6 Å². The van der Waals surface area contributed by atoms with Crippen LogP contribution in [0.15, 0.2) is 73.6 Å². The molecule has 7 nitrogen and oxygen atoms in total. The number of aromatic nitrogens is 2. The van der Waals surface area contributed by atoms with Gasteiger partial charge in [0, 0.05) is 11.4 Å². The molecule has 0 fully saturated rings. The molecule has 0 saturated heterocycles. The van der Waals surface area contributed by atoms with Crippen molar-refractivity contribution in [3.8, 4) is 5.75 Å². The number of thiophene rings is 1. The minimum atomic E-state index is -0.104. The Morgan fingerprint density at radius 1 is 1.22 bits per heavy atom. The van der Waals surface area contributed by atoms with Crippen LogP contribution >= 0.6 is 11.3 Å². The van der Waals surface area contributed by atoms with Gasteiger partial charge in [-0.2, -0.15) is 0 Å². The predicted molar refractivity (Wildman–Crippen MR) is 142 cm³/mol. The maximum absolute atomic E-state index is 12.2. The van der Waals surface area contributed by atoms with Crippen molar-refractivity contribution in [2.45, 2.75) is 25.6 Å². The number of nitrogens with zero attached hydrogens (tertiary/aromatic N) is 3. The summed E-state index contributed by atoms with van der Waals surface area (Å²) < 4.78 is 11.5. The lowest BCUT2D eigenvalue weighted by atomic mass is 10.0. The number of amides is 1. The Morgan fingerprint density at radius 2 is 2.08 bits per heavy atom. The van der Waals surface area contributed by atoms with E-state index < -0.39 is 0 Å². The number of carbonyl (C=O) groups excluding carboxylic acids is 1. The molecular weight excluding hydrogens is 472 g/mol. The van der Waals surface area contributed by atoms with Gasteiger partial charge in [-0.1, -0.05) is 49.0 Å². The SMILES string of the molecule is C=CC(=O)N1CCc2c(sc3ncnc(NC(COCc4cccc(OC)c4)c4ccccc4)c23)C1. The summed E-state index contributed by atoms with van der Waals surface area (Å²) in [5, 5.41) is 4.68. The van der Waals surface area contributed by atoms with Crippen LogP contribution in [-0.4, -0.2) is 41.0 Å². The Labute approximate surface area is 214 Å². The van der Waals surface area contributed by atoms with Gasteiger partial charge in [0.2, 0.25) is 5.91 Å². The van der Waals surface area contributed by atoms with Crippen molar-refractivity contribution < 1.29 is 14.3 Å². The summed E-state index contributed by atoms with van der Waals surface area (Å²) in [4.78, 5) is 25.2. The van der Waals surface area contributed by atoms with Gasteiger partial charge in [0.1, 0.15) is 22.7 Å². The van der Waals surface area contributed by atoms with Crippen LogP contribution in [0.5, 0.6) is 5.75 Å². The number of benzene rings is 2. The number of methoxy groups -OCH3 is 1. The lowest BCUT2D eigenvalue weighted by molar-refractivity contribution is -0.126. The van der Waals surface area contributed by atoms with Crippen molar-refractivity contribution in [1.29, 1.82) is 0 Å². The zero-order chi connectivity index (χ0) is 24.9. The van der Waals surface area contributed by atoms with Crippen LogP contribution in [0.1, 0.15) is 27.6 Å². The van der Waals surface area contributed by atoms with Crippen LogP contribution in [-0.2, 0) is 29.1 Å². The summed E-state index contributed by atoms with van der Waals surface area (Å²) in [5.74, 6) is 1.56. The van der Waals surface area contributed by atoms with Gasteiger partial charge in [-0.3, -0.25) is 4.79 Å². The third-order valence-corrected chi connectivity index (χ3v) is 7.45. The quantitative estimate of drug-likeness (QED) is 0.321. The first kappa shape index (κ1) is 24.0. The first-order chi connectivity index (χ1) is 17.7. The molecule has 1 unspecified atom stereocenters. The van der Waals surface area contributed by atoms with Gasteiger partial charge in [0.15, 0.2) is 0 Å². The molecule has 0 radical (unpaired) electrons. The predicted octanol–water partition coefficient (Wildman–Crippen LogP) is 5.14. The summed E-state index contributed by atoms with van der Waals surface area (Å²) >= 11 is 1.62. The maximum Gasteiger partial charge on any atom is 0.246 e. The minimum absolute atomic E-state index is 0.0418. The molecule has 1 amide bonds. The first-order valence-electron chi connectivity index (χ1n) is 11.8. The van der Waals surface area contributed by atoms with E-state index in [1.807, 2.05) is 47.4 Å². The van der Waals surface area contributed by atoms with E-state index in [9.17, 15) is 4.79 Å². The first-order valence-corrected chi connectivity index (χ1v) is 12.7. The largest absolute Gasteiger partial charge is 0.497 e. The van der Waals surface area contributed by atoms with Crippen molar-refractivity contribution in [2.75, 3.05) is 25.6 Å². The van der Waals surface area contributed by atoms with Gasteiger partial charge >= 0.3 is 0 Å². The number of hydrogen-bond donors (Lipinski definition) is 1. The highest BCUT2D eigenvalue weighted by Crippen LogP contribution is 2.38. The molecule has 184 valence electrons. The van der Waals surface area contributed by atoms with E-state index in [2.05, 4.69) is 34.0 Å². The van der Waals surface area contributed by atoms with E-state index in [1.54, 1.807) is 24.8 Å². The van der Waals surface area contributed by atoms with Crippen molar-refractivity contribution in [3.63, 3.8) is 0 Å². The fourth-order valence-corrected chi connectivity index (χ4v) is 5.69. The second-order valence-corrected chi connectivity index (χ2v) is 9.68. The molecular formula is C28H28N4O3S. The van der Waals surface area contributed by atoms with E-state index >= 15 is 0 Å². The molecule has 1 aliphatic rings. The molecule has 5 rings (SSSR count). The molecule has 2 aromatic heterocycles. The summed E-state index contributed by atoms with van der Waals surface area (Å²) in [7, 11) is 1.66. The highest BCUT2D eigenvalue weighted by atomic mass is 32.1. The Kier molecular flexibility index (Phi) is 7.25. The van der Waals surface area contributed by atoms with Crippen LogP contribution in [0.4, 0.5) is 5.82 Å². The number of rotatable bonds is 9. The molecule has 4 aromatic rings. The molecule has 1 atom stereocenters. The van der Waals surface area contributed by atoms with Crippen molar-refractivity contribution in [1.82, 2.24) is 14.9 Å². The van der Waals surface area contributed by atoms with Crippen molar-refractivity contribution >= 4 is 33.3 Å². The van der Waals surface area contributed by atoms with Crippen molar-refractivity contribution in [3.05, 3.63) is 95.1 Å². The molecule has 0 spiro atoms.